The second-order valence-electron chi connectivity index (χ2n) is 10.0. The zero-order valence-electron chi connectivity index (χ0n) is 20.5. The van der Waals surface area contributed by atoms with Crippen LogP contribution in [0.1, 0.15) is 17.5 Å². The monoisotopic (exact) mass is 508 g/mol. The number of aryl methyl sites for hydroxylation is 2. The first kappa shape index (κ1) is 23.1. The van der Waals surface area contributed by atoms with Crippen molar-refractivity contribution < 1.29 is 13.2 Å². The maximum atomic E-state index is 13.5. The van der Waals surface area contributed by atoms with Gasteiger partial charge in [0.2, 0.25) is 14.9 Å². The van der Waals surface area contributed by atoms with Gasteiger partial charge in [-0.2, -0.15) is 4.52 Å². The van der Waals surface area contributed by atoms with Gasteiger partial charge < -0.3 is 19.5 Å². The molecule has 36 heavy (non-hydrogen) atoms. The van der Waals surface area contributed by atoms with E-state index in [2.05, 4.69) is 32.1 Å². The van der Waals surface area contributed by atoms with E-state index in [-0.39, 0.29) is 21.2 Å². The number of benzene rings is 2. The van der Waals surface area contributed by atoms with Gasteiger partial charge in [0, 0.05) is 31.9 Å². The van der Waals surface area contributed by atoms with Crippen LogP contribution in [0.5, 0.6) is 0 Å². The van der Waals surface area contributed by atoms with Crippen LogP contribution in [0, 0.1) is 13.8 Å². The smallest absolute Gasteiger partial charge is 0.259 e. The molecule has 1 unspecified atom stereocenters. The number of rotatable bonds is 3. The summed E-state index contributed by atoms with van der Waals surface area (Å²) in [6.07, 6.45) is 0.918. The second-order valence-corrected chi connectivity index (χ2v) is 11.9. The normalized spacial score (nSPS) is 21.2. The summed E-state index contributed by atoms with van der Waals surface area (Å²) < 4.78 is 34.6. The van der Waals surface area contributed by atoms with Gasteiger partial charge in [0.1, 0.15) is 0 Å². The van der Waals surface area contributed by atoms with Crippen molar-refractivity contribution in [1.29, 1.82) is 0 Å². The lowest BCUT2D eigenvalue weighted by atomic mass is 10.0. The van der Waals surface area contributed by atoms with Crippen LogP contribution in [0.15, 0.2) is 51.1 Å². The van der Waals surface area contributed by atoms with Gasteiger partial charge in [0.15, 0.2) is 5.65 Å². The summed E-state index contributed by atoms with van der Waals surface area (Å²) in [4.78, 5) is 20.3. The number of hydrogen-bond donors (Lipinski definition) is 1. The van der Waals surface area contributed by atoms with Crippen LogP contribution in [0.2, 0.25) is 0 Å². The molecule has 1 N–H and O–H groups in total. The third-order valence-corrected chi connectivity index (χ3v) is 9.14. The van der Waals surface area contributed by atoms with E-state index in [0.29, 0.717) is 23.1 Å². The first-order valence-corrected chi connectivity index (χ1v) is 13.5. The van der Waals surface area contributed by atoms with Crippen LogP contribution in [-0.4, -0.2) is 78.6 Å². The Morgan fingerprint density at radius 1 is 1.08 bits per heavy atom. The summed E-state index contributed by atoms with van der Waals surface area (Å²) >= 11 is 0. The molecule has 2 aliphatic heterocycles. The third-order valence-electron chi connectivity index (χ3n) is 7.32. The molecule has 0 saturated carbocycles. The molecule has 6 rings (SSSR count). The number of anilines is 1. The Bertz CT molecular complexity index is 1680. The molecule has 2 aliphatic rings. The average Bonchev–Trinajstić information content (AvgIpc) is 3.43. The Hall–Kier alpha value is -3.28. The van der Waals surface area contributed by atoms with Gasteiger partial charge in [-0.05, 0) is 57.1 Å². The predicted octanol–water partition coefficient (Wildman–Crippen LogP) is 1.93. The molecular weight excluding hydrogens is 480 g/mol. The molecule has 1 atom stereocenters. The van der Waals surface area contributed by atoms with E-state index in [1.165, 1.54) is 4.52 Å². The zero-order chi connectivity index (χ0) is 25.2. The molecule has 4 aromatic rings. The first-order chi connectivity index (χ1) is 17.2. The highest BCUT2D eigenvalue weighted by atomic mass is 32.2. The lowest BCUT2D eigenvalue weighted by Crippen LogP contribution is -2.51. The number of aromatic amines is 1. The van der Waals surface area contributed by atoms with Crippen molar-refractivity contribution in [1.82, 2.24) is 24.7 Å². The minimum Gasteiger partial charge on any atom is -0.370 e. The van der Waals surface area contributed by atoms with Gasteiger partial charge in [-0.15, -0.1) is 5.10 Å². The molecule has 0 radical (unpaired) electrons. The molecule has 2 fully saturated rings. The Labute approximate surface area is 208 Å². The molecule has 11 heteroatoms. The first-order valence-electron chi connectivity index (χ1n) is 12.0. The van der Waals surface area contributed by atoms with E-state index in [1.807, 2.05) is 19.1 Å². The Balaban J connectivity index is 1.44. The van der Waals surface area contributed by atoms with Gasteiger partial charge in [0.05, 0.1) is 28.0 Å². The Morgan fingerprint density at radius 2 is 1.92 bits per heavy atom. The van der Waals surface area contributed by atoms with Crippen molar-refractivity contribution in [3.8, 4) is 0 Å². The molecule has 4 heterocycles. The number of H-pyrrole nitrogens is 1. The van der Waals surface area contributed by atoms with Crippen LogP contribution in [0.4, 0.5) is 5.69 Å². The van der Waals surface area contributed by atoms with Crippen LogP contribution in [0.25, 0.3) is 16.6 Å². The number of nitrogens with one attached hydrogen (secondary N) is 1. The maximum Gasteiger partial charge on any atom is 0.259 e. The second kappa shape index (κ2) is 8.12. The van der Waals surface area contributed by atoms with Crippen molar-refractivity contribution in [2.75, 3.05) is 44.7 Å². The maximum absolute atomic E-state index is 13.5. The lowest BCUT2D eigenvalue weighted by molar-refractivity contribution is -0.0885. The number of likely N-dealkylation sites (N-methyl/N-ethyl adjacent to an activating group) is 1. The van der Waals surface area contributed by atoms with Gasteiger partial charge >= 0.3 is 0 Å². The highest BCUT2D eigenvalue weighted by Crippen LogP contribution is 2.33. The minimum atomic E-state index is -4.00. The van der Waals surface area contributed by atoms with Crippen molar-refractivity contribution in [3.05, 3.63) is 57.9 Å². The fraction of sp³-hybridized carbons (Fsp3) is 0.400. The van der Waals surface area contributed by atoms with E-state index in [0.717, 1.165) is 43.9 Å². The number of aromatic nitrogens is 4. The van der Waals surface area contributed by atoms with E-state index in [1.54, 1.807) is 31.2 Å². The average molecular weight is 509 g/mol. The molecule has 0 aliphatic carbocycles. The summed E-state index contributed by atoms with van der Waals surface area (Å²) in [7, 11) is -1.89. The molecule has 0 amide bonds. The van der Waals surface area contributed by atoms with E-state index in [4.69, 9.17) is 4.74 Å². The summed E-state index contributed by atoms with van der Waals surface area (Å²) in [6, 6.07) is 10.7. The van der Waals surface area contributed by atoms with Gasteiger partial charge in [0.25, 0.3) is 5.56 Å². The summed E-state index contributed by atoms with van der Waals surface area (Å²) in [5, 5.41) is 8.32. The van der Waals surface area contributed by atoms with Crippen molar-refractivity contribution in [3.63, 3.8) is 0 Å². The molecule has 2 saturated heterocycles. The minimum absolute atomic E-state index is 0.0553. The summed E-state index contributed by atoms with van der Waals surface area (Å²) in [6.45, 7) is 7.75. The highest BCUT2D eigenvalue weighted by Gasteiger charge is 2.42. The summed E-state index contributed by atoms with van der Waals surface area (Å²) in [5.41, 5.74) is 2.46. The Morgan fingerprint density at radius 3 is 2.69 bits per heavy atom. The lowest BCUT2D eigenvalue weighted by Gasteiger charge is -2.38. The molecule has 0 bridgehead atoms. The molecule has 2 aromatic heterocycles. The topological polar surface area (TPSA) is 113 Å². The number of morpholine rings is 1. The van der Waals surface area contributed by atoms with Crippen LogP contribution in [-0.2, 0) is 14.6 Å². The SMILES string of the molecule is Cc1ccc(S(=O)(=O)c2nnn3c2[nH]c(=O)c2ccc(N4CCC5(CN(C)CCO5)C4)cc23)c(C)c1. The standard InChI is InChI=1S/C25H28N6O4S/c1-16-4-7-21(17(2)12-16)36(33,34)24-22-26-23(32)19-6-5-18(13-20(19)31(22)28-27-24)30-9-8-25(15-30)14-29(3)10-11-35-25/h4-7,12-13H,8-11,14-15H2,1-3H3,(H,26,32). The summed E-state index contributed by atoms with van der Waals surface area (Å²) in [5.74, 6) is 0. The van der Waals surface area contributed by atoms with Gasteiger partial charge in [-0.3, -0.25) is 4.79 Å². The molecule has 2 aromatic carbocycles. The number of hydrogen-bond acceptors (Lipinski definition) is 8. The van der Waals surface area contributed by atoms with Crippen molar-refractivity contribution in [2.24, 2.45) is 0 Å². The van der Waals surface area contributed by atoms with Crippen molar-refractivity contribution >= 4 is 32.1 Å². The quantitative estimate of drug-likeness (QED) is 0.447. The molecule has 1 spiro atoms. The van der Waals surface area contributed by atoms with E-state index in [9.17, 15) is 13.2 Å². The van der Waals surface area contributed by atoms with Crippen molar-refractivity contribution in [2.45, 2.75) is 35.8 Å². The predicted molar refractivity (Wildman–Crippen MR) is 135 cm³/mol. The molecule has 188 valence electrons. The largest absolute Gasteiger partial charge is 0.370 e. The highest BCUT2D eigenvalue weighted by molar-refractivity contribution is 7.91. The molecule has 10 nitrogen and oxygen atoms in total. The van der Waals surface area contributed by atoms with Gasteiger partial charge in [-0.1, -0.05) is 22.9 Å². The fourth-order valence-electron chi connectivity index (χ4n) is 5.53. The zero-order valence-corrected chi connectivity index (χ0v) is 21.3. The van der Waals surface area contributed by atoms with Crippen LogP contribution < -0.4 is 10.5 Å². The number of ether oxygens (including phenoxy) is 1. The van der Waals surface area contributed by atoms with Crippen LogP contribution >= 0.6 is 0 Å². The van der Waals surface area contributed by atoms with E-state index < -0.39 is 15.4 Å². The third kappa shape index (κ3) is 3.61. The number of nitrogens with zero attached hydrogens (tertiary/aromatic N) is 5. The van der Waals surface area contributed by atoms with Gasteiger partial charge in [-0.25, -0.2) is 8.42 Å². The van der Waals surface area contributed by atoms with Crippen LogP contribution in [0.3, 0.4) is 0 Å². The van der Waals surface area contributed by atoms with E-state index >= 15 is 0 Å². The number of fused-ring (bicyclic) bond motifs is 3. The molecular formula is C25H28N6O4S. The fourth-order valence-corrected chi connectivity index (χ4v) is 7.01. The Kier molecular flexibility index (Phi) is 5.22. The number of sulfone groups is 1.